The highest BCUT2D eigenvalue weighted by Crippen LogP contribution is 2.28. The van der Waals surface area contributed by atoms with Crippen molar-refractivity contribution in [2.75, 3.05) is 25.1 Å². The lowest BCUT2D eigenvalue weighted by Crippen LogP contribution is -2.15. The number of hydrogen-bond acceptors (Lipinski definition) is 7. The van der Waals surface area contributed by atoms with E-state index in [0.29, 0.717) is 52.8 Å². The first kappa shape index (κ1) is 23.0. The van der Waals surface area contributed by atoms with Crippen LogP contribution in [-0.4, -0.2) is 45.2 Å². The zero-order chi connectivity index (χ0) is 24.4. The number of allylic oxidation sites excluding steroid dienone is 2. The number of amides is 1. The molecule has 5 rings (SSSR count). The predicted octanol–water partition coefficient (Wildman–Crippen LogP) is 3.82. The molecule has 0 fully saturated rings. The van der Waals surface area contributed by atoms with E-state index in [4.69, 9.17) is 4.74 Å². The first-order valence-electron chi connectivity index (χ1n) is 11.5. The molecule has 0 bridgehead atoms. The number of carbonyl (C=O) groups is 1. The number of aromatic nitrogens is 4. The highest BCUT2D eigenvalue weighted by Gasteiger charge is 2.18. The Labute approximate surface area is 205 Å². The van der Waals surface area contributed by atoms with Gasteiger partial charge in [0.1, 0.15) is 5.69 Å². The van der Waals surface area contributed by atoms with Gasteiger partial charge in [0.2, 0.25) is 5.95 Å². The van der Waals surface area contributed by atoms with E-state index in [1.807, 2.05) is 48.0 Å². The molecule has 35 heavy (non-hydrogen) atoms. The van der Waals surface area contributed by atoms with Crippen LogP contribution in [0, 0.1) is 6.92 Å². The number of aromatic amines is 1. The maximum absolute atomic E-state index is 13.1. The molecule has 1 amide bonds. The summed E-state index contributed by atoms with van der Waals surface area (Å²) in [5.41, 5.74) is 4.00. The van der Waals surface area contributed by atoms with Crippen molar-refractivity contribution < 1.29 is 9.53 Å². The molecule has 9 nitrogen and oxygen atoms in total. The van der Waals surface area contributed by atoms with Crippen LogP contribution in [0.3, 0.4) is 0 Å². The topological polar surface area (TPSA) is 114 Å². The van der Waals surface area contributed by atoms with Crippen molar-refractivity contribution in [1.82, 2.24) is 24.8 Å². The van der Waals surface area contributed by atoms with E-state index < -0.39 is 0 Å². The number of aryl methyl sites for hydroxylation is 2. The van der Waals surface area contributed by atoms with Gasteiger partial charge in [-0.1, -0.05) is 12.2 Å². The molecular formula is C25H26N6O3S. The summed E-state index contributed by atoms with van der Waals surface area (Å²) in [6, 6.07) is 7.47. The van der Waals surface area contributed by atoms with Gasteiger partial charge >= 0.3 is 0 Å². The van der Waals surface area contributed by atoms with Gasteiger partial charge in [0.05, 0.1) is 26.9 Å². The Morgan fingerprint density at radius 2 is 2.14 bits per heavy atom. The highest BCUT2D eigenvalue weighted by atomic mass is 32.1. The van der Waals surface area contributed by atoms with Crippen LogP contribution in [0.25, 0.3) is 27.6 Å². The summed E-state index contributed by atoms with van der Waals surface area (Å²) in [5.74, 6) is 0.229. The van der Waals surface area contributed by atoms with Crippen molar-refractivity contribution in [2.45, 2.75) is 26.8 Å². The number of H-pyrrole nitrogens is 1. The summed E-state index contributed by atoms with van der Waals surface area (Å²) in [6.07, 6.45) is 6.81. The number of hydrogen-bond donors (Lipinski definition) is 3. The Morgan fingerprint density at radius 1 is 1.26 bits per heavy atom. The Balaban J connectivity index is 1.48. The van der Waals surface area contributed by atoms with Gasteiger partial charge in [-0.25, -0.2) is 9.97 Å². The molecule has 0 spiro atoms. The number of anilines is 1. The van der Waals surface area contributed by atoms with Gasteiger partial charge in [0.25, 0.3) is 11.5 Å². The Bertz CT molecular complexity index is 1530. The van der Waals surface area contributed by atoms with Crippen LogP contribution < -0.4 is 16.2 Å². The molecule has 4 heterocycles. The van der Waals surface area contributed by atoms with E-state index in [-0.39, 0.29) is 11.5 Å². The Hall–Kier alpha value is -3.76. The molecule has 0 saturated carbocycles. The van der Waals surface area contributed by atoms with Crippen LogP contribution in [0.15, 0.2) is 47.4 Å². The molecule has 0 aliphatic carbocycles. The number of thiophene rings is 1. The maximum Gasteiger partial charge on any atom is 0.269 e. The minimum atomic E-state index is -0.229. The van der Waals surface area contributed by atoms with Crippen molar-refractivity contribution in [1.29, 1.82) is 0 Å². The number of nitrogens with one attached hydrogen (secondary N) is 3. The van der Waals surface area contributed by atoms with E-state index in [9.17, 15) is 9.59 Å². The summed E-state index contributed by atoms with van der Waals surface area (Å²) >= 11 is 1.43. The third-order valence-electron chi connectivity index (χ3n) is 5.74. The molecule has 1 aliphatic heterocycles. The van der Waals surface area contributed by atoms with Crippen LogP contribution in [0.5, 0.6) is 0 Å². The minimum absolute atomic E-state index is 0.220. The smallest absolute Gasteiger partial charge is 0.269 e. The lowest BCUT2D eigenvalue weighted by molar-refractivity contribution is 0.102. The molecular weight excluding hydrogens is 464 g/mol. The number of fused-ring (bicyclic) bond motifs is 2. The van der Waals surface area contributed by atoms with Gasteiger partial charge in [-0.05, 0) is 44.5 Å². The fourth-order valence-electron chi connectivity index (χ4n) is 3.99. The average Bonchev–Trinajstić information content (AvgIpc) is 3.47. The second-order valence-corrected chi connectivity index (χ2v) is 9.26. The van der Waals surface area contributed by atoms with Gasteiger partial charge in [0.15, 0.2) is 0 Å². The molecule has 3 N–H and O–H groups in total. The van der Waals surface area contributed by atoms with Crippen molar-refractivity contribution in [3.05, 3.63) is 68.4 Å². The minimum Gasteiger partial charge on any atom is -0.387 e. The van der Waals surface area contributed by atoms with Crippen molar-refractivity contribution >= 4 is 50.8 Å². The van der Waals surface area contributed by atoms with E-state index in [2.05, 4.69) is 25.6 Å². The number of benzene rings is 1. The van der Waals surface area contributed by atoms with Gasteiger partial charge in [-0.15, -0.1) is 11.3 Å². The number of rotatable bonds is 8. The monoisotopic (exact) mass is 490 g/mol. The quantitative estimate of drug-likeness (QED) is 0.324. The van der Waals surface area contributed by atoms with E-state index in [1.165, 1.54) is 11.3 Å². The number of imidazole rings is 1. The first-order valence-corrected chi connectivity index (χ1v) is 12.4. The second kappa shape index (κ2) is 9.85. The molecule has 1 aromatic carbocycles. The van der Waals surface area contributed by atoms with Crippen LogP contribution in [-0.2, 0) is 11.3 Å². The van der Waals surface area contributed by atoms with Gasteiger partial charge in [-0.2, -0.15) is 0 Å². The van der Waals surface area contributed by atoms with Crippen molar-refractivity contribution in [3.8, 4) is 0 Å². The molecule has 1 aliphatic rings. The molecule has 0 radical (unpaired) electrons. The normalized spacial score (nSPS) is 13.3. The van der Waals surface area contributed by atoms with Crippen LogP contribution >= 0.6 is 11.3 Å². The van der Waals surface area contributed by atoms with Crippen LogP contribution in [0.1, 0.15) is 33.6 Å². The molecule has 0 saturated heterocycles. The number of ether oxygens (including phenoxy) is 1. The highest BCUT2D eigenvalue weighted by molar-refractivity contribution is 7.15. The number of nitrogens with zero attached hydrogens (tertiary/aromatic N) is 3. The first-order chi connectivity index (χ1) is 17.0. The fourth-order valence-corrected chi connectivity index (χ4v) is 4.89. The zero-order valence-electron chi connectivity index (χ0n) is 19.6. The van der Waals surface area contributed by atoms with E-state index in [0.717, 1.165) is 28.9 Å². The predicted molar refractivity (Wildman–Crippen MR) is 139 cm³/mol. The molecule has 4 aromatic rings. The van der Waals surface area contributed by atoms with Crippen molar-refractivity contribution in [2.24, 2.45) is 0 Å². The van der Waals surface area contributed by atoms with E-state index >= 15 is 0 Å². The second-order valence-electron chi connectivity index (χ2n) is 8.18. The third kappa shape index (κ3) is 4.75. The summed E-state index contributed by atoms with van der Waals surface area (Å²) in [4.78, 5) is 38.8. The van der Waals surface area contributed by atoms with E-state index in [1.54, 1.807) is 13.0 Å². The Kier molecular flexibility index (Phi) is 6.47. The summed E-state index contributed by atoms with van der Waals surface area (Å²) in [5, 5.41) is 6.18. The van der Waals surface area contributed by atoms with Crippen LogP contribution in [0.4, 0.5) is 5.95 Å². The molecule has 0 unspecified atom stereocenters. The maximum atomic E-state index is 13.1. The van der Waals surface area contributed by atoms with Gasteiger partial charge < -0.3 is 19.6 Å². The summed E-state index contributed by atoms with van der Waals surface area (Å²) < 4.78 is 7.48. The van der Waals surface area contributed by atoms with Gasteiger partial charge in [-0.3, -0.25) is 14.9 Å². The molecule has 3 aromatic heterocycles. The summed E-state index contributed by atoms with van der Waals surface area (Å²) in [7, 11) is 0. The largest absolute Gasteiger partial charge is 0.387 e. The van der Waals surface area contributed by atoms with Crippen LogP contribution in [0.2, 0.25) is 0 Å². The molecule has 10 heteroatoms. The van der Waals surface area contributed by atoms with Crippen molar-refractivity contribution in [3.63, 3.8) is 0 Å². The lowest BCUT2D eigenvalue weighted by Gasteiger charge is -2.10. The fraction of sp³-hybridized carbons (Fsp3) is 0.280. The average molecular weight is 491 g/mol. The van der Waals surface area contributed by atoms with Gasteiger partial charge in [0, 0.05) is 43.0 Å². The zero-order valence-corrected chi connectivity index (χ0v) is 20.4. The number of dihydropyridines is 1. The SMILES string of the molecule is CCOCCCn1c(NC(=O)c2ccc(C3=CNCC=C3)s2)nc2cc3[nH]c(=O)c(C)nc3cc21. The molecule has 180 valence electrons. The molecule has 0 atom stereocenters. The third-order valence-corrected chi connectivity index (χ3v) is 6.87. The lowest BCUT2D eigenvalue weighted by atomic mass is 10.2. The summed E-state index contributed by atoms with van der Waals surface area (Å²) in [6.45, 7) is 6.31. The Morgan fingerprint density at radius 3 is 2.94 bits per heavy atom. The standard InChI is InChI=1S/C25H26N6O3S/c1-3-34-11-5-10-31-20-13-18-17(28-23(32)15(2)27-18)12-19(20)29-25(31)30-24(33)22-8-7-21(35-22)16-6-4-9-26-14-16/h4,6-8,12-14,26H,3,5,9-11H2,1-2H3,(H,28,32)(H,29,30,33). The number of carbonyl (C=O) groups excluding carboxylic acids is 1.